The summed E-state index contributed by atoms with van der Waals surface area (Å²) in [5, 5.41) is 3.71. The molecule has 0 saturated heterocycles. The van der Waals surface area contributed by atoms with Gasteiger partial charge in [0, 0.05) is 18.2 Å². The number of primary amides is 1. The van der Waals surface area contributed by atoms with Crippen molar-refractivity contribution in [2.24, 2.45) is 11.1 Å². The van der Waals surface area contributed by atoms with Gasteiger partial charge in [0.1, 0.15) is 0 Å². The maximum Gasteiger partial charge on any atom is 0.248 e. The quantitative estimate of drug-likeness (QED) is 0.812. The number of aryl methyl sites for hydroxylation is 1. The number of hydrogen-bond donors (Lipinski definition) is 2. The molecule has 2 aromatic carbocycles. The van der Waals surface area contributed by atoms with Gasteiger partial charge in [-0.1, -0.05) is 44.2 Å². The molecule has 2 aromatic rings. The van der Waals surface area contributed by atoms with E-state index >= 15 is 0 Å². The molecule has 0 bridgehead atoms. The van der Waals surface area contributed by atoms with Crippen LogP contribution in [0.15, 0.2) is 42.5 Å². The number of carbonyl (C=O) groups excluding carboxylic acids is 1. The Morgan fingerprint density at radius 3 is 2.35 bits per heavy atom. The lowest BCUT2D eigenvalue weighted by Gasteiger charge is -2.34. The van der Waals surface area contributed by atoms with Crippen LogP contribution >= 0.6 is 0 Å². The number of carbonyl (C=O) groups is 1. The Morgan fingerprint density at radius 1 is 1.08 bits per heavy atom. The van der Waals surface area contributed by atoms with Gasteiger partial charge in [-0.3, -0.25) is 4.79 Å². The molecule has 1 aliphatic rings. The van der Waals surface area contributed by atoms with Crippen molar-refractivity contribution >= 4 is 5.91 Å². The first-order valence-corrected chi connectivity index (χ1v) is 9.57. The summed E-state index contributed by atoms with van der Waals surface area (Å²) in [4.78, 5) is 11.5. The highest BCUT2D eigenvalue weighted by Gasteiger charge is 2.26. The highest BCUT2D eigenvalue weighted by atomic mass is 16.1. The Morgan fingerprint density at radius 2 is 1.73 bits per heavy atom. The van der Waals surface area contributed by atoms with E-state index in [-0.39, 0.29) is 5.91 Å². The molecule has 3 nitrogen and oxygen atoms in total. The van der Waals surface area contributed by atoms with Gasteiger partial charge in [-0.25, -0.2) is 0 Å². The van der Waals surface area contributed by atoms with Crippen LogP contribution in [0.5, 0.6) is 0 Å². The molecule has 0 atom stereocenters. The van der Waals surface area contributed by atoms with E-state index in [1.54, 1.807) is 0 Å². The normalized spacial score (nSPS) is 17.2. The summed E-state index contributed by atoms with van der Waals surface area (Å²) in [7, 11) is 0. The van der Waals surface area contributed by atoms with Crippen molar-refractivity contribution in [2.45, 2.75) is 59.0 Å². The van der Waals surface area contributed by atoms with E-state index in [0.29, 0.717) is 17.0 Å². The number of rotatable bonds is 5. The number of nitrogens with one attached hydrogen (secondary N) is 1. The second-order valence-electron chi connectivity index (χ2n) is 8.47. The van der Waals surface area contributed by atoms with Crippen LogP contribution < -0.4 is 11.1 Å². The Bertz CT molecular complexity index is 767. The predicted octanol–water partition coefficient (Wildman–Crippen LogP) is 4.82. The van der Waals surface area contributed by atoms with Crippen LogP contribution in [0.25, 0.3) is 11.1 Å². The van der Waals surface area contributed by atoms with E-state index in [4.69, 9.17) is 5.73 Å². The molecule has 0 unspecified atom stereocenters. The van der Waals surface area contributed by atoms with E-state index in [0.717, 1.165) is 23.2 Å². The Balaban J connectivity index is 1.63. The Kier molecular flexibility index (Phi) is 5.47. The van der Waals surface area contributed by atoms with E-state index in [1.165, 1.54) is 31.2 Å². The van der Waals surface area contributed by atoms with Crippen molar-refractivity contribution in [1.82, 2.24) is 5.32 Å². The zero-order valence-electron chi connectivity index (χ0n) is 16.1. The zero-order valence-corrected chi connectivity index (χ0v) is 16.1. The fourth-order valence-corrected chi connectivity index (χ4v) is 3.77. The first-order valence-electron chi connectivity index (χ1n) is 9.57. The molecule has 26 heavy (non-hydrogen) atoms. The van der Waals surface area contributed by atoms with Gasteiger partial charge < -0.3 is 11.1 Å². The van der Waals surface area contributed by atoms with Crippen LogP contribution in [0, 0.1) is 12.3 Å². The third-order valence-corrected chi connectivity index (χ3v) is 5.58. The minimum absolute atomic E-state index is 0.383. The fourth-order valence-electron chi connectivity index (χ4n) is 3.77. The molecule has 0 spiro atoms. The number of nitrogens with two attached hydrogens (primary N) is 1. The van der Waals surface area contributed by atoms with Crippen molar-refractivity contribution in [3.8, 4) is 11.1 Å². The smallest absolute Gasteiger partial charge is 0.248 e. The van der Waals surface area contributed by atoms with Gasteiger partial charge in [0.25, 0.3) is 0 Å². The molecule has 3 heteroatoms. The van der Waals surface area contributed by atoms with Crippen LogP contribution in [0.2, 0.25) is 0 Å². The molecule has 3 rings (SSSR count). The minimum Gasteiger partial charge on any atom is -0.366 e. The average molecular weight is 351 g/mol. The second kappa shape index (κ2) is 7.63. The maximum absolute atomic E-state index is 11.5. The van der Waals surface area contributed by atoms with Crippen molar-refractivity contribution in [2.75, 3.05) is 0 Å². The number of benzene rings is 2. The summed E-state index contributed by atoms with van der Waals surface area (Å²) < 4.78 is 0. The third kappa shape index (κ3) is 4.73. The lowest BCUT2D eigenvalue weighted by Crippen LogP contribution is -2.35. The molecular formula is C23H30N2O. The lowest BCUT2D eigenvalue weighted by atomic mass is 9.75. The summed E-state index contributed by atoms with van der Waals surface area (Å²) in [5.74, 6) is -0.383. The summed E-state index contributed by atoms with van der Waals surface area (Å²) in [6, 6.07) is 15.0. The monoisotopic (exact) mass is 350 g/mol. The summed E-state index contributed by atoms with van der Waals surface area (Å²) in [6.07, 6.45) is 5.15. The Hall–Kier alpha value is -2.13. The van der Waals surface area contributed by atoms with Crippen LogP contribution in [0.3, 0.4) is 0 Å². The molecule has 3 N–H and O–H groups in total. The SMILES string of the molecule is Cc1cc(C(N)=O)cc(-c2ccc(CNC3CCC(C)(C)CC3)cc2)c1. The summed E-state index contributed by atoms with van der Waals surface area (Å²) in [5.41, 5.74) is 11.0. The molecule has 0 radical (unpaired) electrons. The standard InChI is InChI=1S/C23H30N2O/c1-16-12-19(14-20(13-16)22(24)26)18-6-4-17(5-7-18)15-25-21-8-10-23(2,3)11-9-21/h4-7,12-14,21,25H,8-11,15H2,1-3H3,(H2,24,26). The fraction of sp³-hybridized carbons (Fsp3) is 0.435. The van der Waals surface area contributed by atoms with E-state index < -0.39 is 0 Å². The first-order chi connectivity index (χ1) is 12.3. The zero-order chi connectivity index (χ0) is 18.7. The van der Waals surface area contributed by atoms with Crippen LogP contribution in [0.4, 0.5) is 0 Å². The summed E-state index contributed by atoms with van der Waals surface area (Å²) >= 11 is 0. The highest BCUT2D eigenvalue weighted by molar-refractivity contribution is 5.94. The topological polar surface area (TPSA) is 55.1 Å². The predicted molar refractivity (Wildman–Crippen MR) is 108 cm³/mol. The van der Waals surface area contributed by atoms with Crippen molar-refractivity contribution in [3.63, 3.8) is 0 Å². The van der Waals surface area contributed by atoms with E-state index in [2.05, 4.69) is 49.5 Å². The lowest BCUT2D eigenvalue weighted by molar-refractivity contribution is 0.1000. The number of hydrogen-bond acceptors (Lipinski definition) is 2. The summed E-state index contributed by atoms with van der Waals surface area (Å²) in [6.45, 7) is 7.64. The Labute approximate surface area is 157 Å². The van der Waals surface area contributed by atoms with Gasteiger partial charge in [0.2, 0.25) is 5.91 Å². The van der Waals surface area contributed by atoms with Crippen LogP contribution in [0.1, 0.15) is 61.0 Å². The molecular weight excluding hydrogens is 320 g/mol. The second-order valence-corrected chi connectivity index (χ2v) is 8.47. The van der Waals surface area contributed by atoms with Crippen molar-refractivity contribution < 1.29 is 4.79 Å². The molecule has 1 fully saturated rings. The van der Waals surface area contributed by atoms with E-state index in [9.17, 15) is 4.79 Å². The van der Waals surface area contributed by atoms with Gasteiger partial charge in [0.05, 0.1) is 0 Å². The number of amides is 1. The van der Waals surface area contributed by atoms with Gasteiger partial charge >= 0.3 is 0 Å². The molecule has 0 aliphatic heterocycles. The minimum atomic E-state index is -0.383. The molecule has 1 amide bonds. The largest absolute Gasteiger partial charge is 0.366 e. The van der Waals surface area contributed by atoms with Crippen LogP contribution in [-0.4, -0.2) is 11.9 Å². The van der Waals surface area contributed by atoms with Gasteiger partial charge in [0.15, 0.2) is 0 Å². The van der Waals surface area contributed by atoms with Gasteiger partial charge in [-0.2, -0.15) is 0 Å². The third-order valence-electron chi connectivity index (χ3n) is 5.58. The van der Waals surface area contributed by atoms with Gasteiger partial charge in [-0.05, 0) is 72.4 Å². The highest BCUT2D eigenvalue weighted by Crippen LogP contribution is 2.35. The molecule has 0 heterocycles. The molecule has 1 aliphatic carbocycles. The van der Waals surface area contributed by atoms with E-state index in [1.807, 2.05) is 19.1 Å². The molecule has 138 valence electrons. The maximum atomic E-state index is 11.5. The molecule has 1 saturated carbocycles. The van der Waals surface area contributed by atoms with Gasteiger partial charge in [-0.15, -0.1) is 0 Å². The average Bonchev–Trinajstić information content (AvgIpc) is 2.60. The van der Waals surface area contributed by atoms with Crippen molar-refractivity contribution in [3.05, 3.63) is 59.2 Å². The van der Waals surface area contributed by atoms with Crippen LogP contribution in [-0.2, 0) is 6.54 Å². The van der Waals surface area contributed by atoms with Crippen molar-refractivity contribution in [1.29, 1.82) is 0 Å². The molecule has 0 aromatic heterocycles. The first kappa shape index (κ1) is 18.7.